The zero-order chi connectivity index (χ0) is 40.2. The van der Waals surface area contributed by atoms with Gasteiger partial charge < -0.3 is 4.90 Å². The molecule has 10 aromatic carbocycles. The van der Waals surface area contributed by atoms with E-state index >= 15 is 0 Å². The molecule has 0 aliphatic heterocycles. The number of nitrogens with zero attached hydrogens (tertiary/aromatic N) is 1. The summed E-state index contributed by atoms with van der Waals surface area (Å²) in [6, 6.07) is 82.4. The van der Waals surface area contributed by atoms with Gasteiger partial charge in [-0.25, -0.2) is 0 Å². The van der Waals surface area contributed by atoms with E-state index in [2.05, 4.69) is 243 Å². The van der Waals surface area contributed by atoms with Gasteiger partial charge in [-0.1, -0.05) is 202 Å². The average molecular weight is 766 g/mol. The summed E-state index contributed by atoms with van der Waals surface area (Å²) in [6.07, 6.45) is 0. The lowest BCUT2D eigenvalue weighted by Crippen LogP contribution is -2.16. The molecule has 0 spiro atoms. The molecule has 284 valence electrons. The first-order valence-corrected chi connectivity index (χ1v) is 20.9. The smallest absolute Gasteiger partial charge is 0.0465 e. The van der Waals surface area contributed by atoms with E-state index in [9.17, 15) is 0 Å². The largest absolute Gasteiger partial charge is 0.310 e. The Kier molecular flexibility index (Phi) is 8.57. The van der Waals surface area contributed by atoms with Crippen LogP contribution < -0.4 is 4.90 Å². The standard InChI is InChI=1S/C59H43N/c1-59(2)55-24-14-13-21-51(55)52-38-37-48(39-56(52)59)60(46-33-29-43(30-34-46)41-17-7-4-8-18-41)47-35-31-45(32-36-47)58-54-23-12-10-20-50(54)49-19-9-11-22-53(49)57(58)44-27-25-42(26-28-44)40-15-5-3-6-16-40/h3-39H,1-2H3. The Hall–Kier alpha value is -7.48. The van der Waals surface area contributed by atoms with Gasteiger partial charge in [0, 0.05) is 22.5 Å². The third kappa shape index (κ3) is 5.93. The molecule has 0 saturated heterocycles. The zero-order valence-electron chi connectivity index (χ0n) is 33.8. The average Bonchev–Trinajstić information content (AvgIpc) is 3.55. The summed E-state index contributed by atoms with van der Waals surface area (Å²) in [5.41, 5.74) is 18.4. The molecule has 0 atom stereocenters. The molecular weight excluding hydrogens is 723 g/mol. The summed E-state index contributed by atoms with van der Waals surface area (Å²) in [5, 5.41) is 5.03. The quantitative estimate of drug-likeness (QED) is 0.146. The lowest BCUT2D eigenvalue weighted by molar-refractivity contribution is 0.660. The third-order valence-electron chi connectivity index (χ3n) is 12.7. The van der Waals surface area contributed by atoms with E-state index in [1.165, 1.54) is 88.3 Å². The van der Waals surface area contributed by atoms with Gasteiger partial charge in [-0.15, -0.1) is 0 Å². The molecule has 1 heteroatoms. The summed E-state index contributed by atoms with van der Waals surface area (Å²) >= 11 is 0. The van der Waals surface area contributed by atoms with Gasteiger partial charge in [0.25, 0.3) is 0 Å². The minimum Gasteiger partial charge on any atom is -0.310 e. The van der Waals surface area contributed by atoms with Gasteiger partial charge in [-0.2, -0.15) is 0 Å². The number of hydrogen-bond acceptors (Lipinski definition) is 1. The van der Waals surface area contributed by atoms with E-state index in [0.717, 1.165) is 17.1 Å². The molecule has 1 nitrogen and oxygen atoms in total. The summed E-state index contributed by atoms with van der Waals surface area (Å²) in [6.45, 7) is 4.71. The maximum absolute atomic E-state index is 2.42. The molecule has 0 unspecified atom stereocenters. The molecule has 0 heterocycles. The minimum absolute atomic E-state index is 0.110. The van der Waals surface area contributed by atoms with Crippen molar-refractivity contribution in [3.63, 3.8) is 0 Å². The molecule has 60 heavy (non-hydrogen) atoms. The van der Waals surface area contributed by atoms with E-state index in [0.29, 0.717) is 0 Å². The highest BCUT2D eigenvalue weighted by Gasteiger charge is 2.35. The van der Waals surface area contributed by atoms with E-state index in [4.69, 9.17) is 0 Å². The molecule has 0 amide bonds. The third-order valence-corrected chi connectivity index (χ3v) is 12.7. The second-order valence-electron chi connectivity index (χ2n) is 16.5. The Balaban J connectivity index is 1.07. The molecule has 0 fully saturated rings. The molecule has 0 aromatic heterocycles. The lowest BCUT2D eigenvalue weighted by Gasteiger charge is -2.28. The van der Waals surface area contributed by atoms with Crippen molar-refractivity contribution in [3.05, 3.63) is 236 Å². The summed E-state index contributed by atoms with van der Waals surface area (Å²) in [5.74, 6) is 0. The first-order chi connectivity index (χ1) is 29.5. The van der Waals surface area contributed by atoms with Crippen molar-refractivity contribution < 1.29 is 0 Å². The van der Waals surface area contributed by atoms with E-state index < -0.39 is 0 Å². The Bertz CT molecular complexity index is 3180. The molecule has 11 rings (SSSR count). The van der Waals surface area contributed by atoms with Crippen LogP contribution in [0.5, 0.6) is 0 Å². The van der Waals surface area contributed by atoms with E-state index in [1.54, 1.807) is 0 Å². The van der Waals surface area contributed by atoms with Crippen LogP contribution in [0, 0.1) is 0 Å². The van der Waals surface area contributed by atoms with Gasteiger partial charge in [0.2, 0.25) is 0 Å². The normalized spacial score (nSPS) is 12.6. The van der Waals surface area contributed by atoms with Crippen molar-refractivity contribution in [2.45, 2.75) is 19.3 Å². The highest BCUT2D eigenvalue weighted by Crippen LogP contribution is 2.51. The number of anilines is 3. The summed E-state index contributed by atoms with van der Waals surface area (Å²) in [4.78, 5) is 2.42. The fourth-order valence-corrected chi connectivity index (χ4v) is 9.69. The van der Waals surface area contributed by atoms with Gasteiger partial charge in [0.1, 0.15) is 0 Å². The number of fused-ring (bicyclic) bond motifs is 6. The molecular formula is C59H43N. The fraction of sp³-hybridized carbons (Fsp3) is 0.0508. The zero-order valence-corrected chi connectivity index (χ0v) is 33.8. The Morgan fingerprint density at radius 2 is 0.650 bits per heavy atom. The van der Waals surface area contributed by atoms with Crippen LogP contribution >= 0.6 is 0 Å². The lowest BCUT2D eigenvalue weighted by atomic mass is 9.82. The van der Waals surface area contributed by atoms with Gasteiger partial charge in [-0.05, 0) is 125 Å². The maximum atomic E-state index is 2.42. The van der Waals surface area contributed by atoms with E-state index in [-0.39, 0.29) is 5.41 Å². The molecule has 1 aliphatic rings. The molecule has 10 aromatic rings. The van der Waals surface area contributed by atoms with Crippen LogP contribution in [0.1, 0.15) is 25.0 Å². The van der Waals surface area contributed by atoms with Crippen LogP contribution in [0.4, 0.5) is 17.1 Å². The first kappa shape index (κ1) is 35.7. The van der Waals surface area contributed by atoms with Crippen molar-refractivity contribution in [2.75, 3.05) is 4.90 Å². The summed E-state index contributed by atoms with van der Waals surface area (Å²) in [7, 11) is 0. The molecule has 0 N–H and O–H groups in total. The molecule has 1 aliphatic carbocycles. The number of hydrogen-bond donors (Lipinski definition) is 0. The maximum Gasteiger partial charge on any atom is 0.0465 e. The van der Waals surface area contributed by atoms with Crippen LogP contribution in [0.25, 0.3) is 77.2 Å². The Morgan fingerprint density at radius 1 is 0.283 bits per heavy atom. The van der Waals surface area contributed by atoms with Gasteiger partial charge in [0.15, 0.2) is 0 Å². The molecule has 0 radical (unpaired) electrons. The second-order valence-corrected chi connectivity index (χ2v) is 16.5. The van der Waals surface area contributed by atoms with Crippen molar-refractivity contribution in [1.29, 1.82) is 0 Å². The number of rotatable bonds is 7. The van der Waals surface area contributed by atoms with Gasteiger partial charge in [-0.3, -0.25) is 0 Å². The highest BCUT2D eigenvalue weighted by molar-refractivity contribution is 6.21. The molecule has 0 saturated carbocycles. The van der Waals surface area contributed by atoms with Crippen molar-refractivity contribution in [3.8, 4) is 55.6 Å². The predicted octanol–water partition coefficient (Wildman–Crippen LogP) is 16.4. The van der Waals surface area contributed by atoms with Crippen molar-refractivity contribution in [2.24, 2.45) is 0 Å². The minimum atomic E-state index is -0.110. The monoisotopic (exact) mass is 765 g/mol. The van der Waals surface area contributed by atoms with Crippen molar-refractivity contribution in [1.82, 2.24) is 0 Å². The van der Waals surface area contributed by atoms with Crippen LogP contribution in [0.15, 0.2) is 224 Å². The SMILES string of the molecule is CC1(C)c2ccccc2-c2ccc(N(c3ccc(-c4ccccc4)cc3)c3ccc(-c4c(-c5ccc(-c6ccccc6)cc5)c5ccccc5c5ccccc45)cc3)cc21. The Labute approximate surface area is 352 Å². The van der Waals surface area contributed by atoms with E-state index in [1.807, 2.05) is 0 Å². The van der Waals surface area contributed by atoms with Gasteiger partial charge >= 0.3 is 0 Å². The van der Waals surface area contributed by atoms with Crippen LogP contribution in [-0.2, 0) is 5.41 Å². The fourth-order valence-electron chi connectivity index (χ4n) is 9.69. The Morgan fingerprint density at radius 3 is 1.18 bits per heavy atom. The molecule has 0 bridgehead atoms. The second kappa shape index (κ2) is 14.4. The highest BCUT2D eigenvalue weighted by atomic mass is 15.1. The van der Waals surface area contributed by atoms with Crippen LogP contribution in [0.3, 0.4) is 0 Å². The van der Waals surface area contributed by atoms with Crippen molar-refractivity contribution >= 4 is 38.6 Å². The first-order valence-electron chi connectivity index (χ1n) is 20.9. The topological polar surface area (TPSA) is 3.24 Å². The van der Waals surface area contributed by atoms with Gasteiger partial charge in [0.05, 0.1) is 0 Å². The predicted molar refractivity (Wildman–Crippen MR) is 255 cm³/mol. The van der Waals surface area contributed by atoms with Crippen LogP contribution in [0.2, 0.25) is 0 Å². The summed E-state index contributed by atoms with van der Waals surface area (Å²) < 4.78 is 0. The number of benzene rings is 10. The van der Waals surface area contributed by atoms with Crippen LogP contribution in [-0.4, -0.2) is 0 Å².